The van der Waals surface area contributed by atoms with Gasteiger partial charge in [-0.25, -0.2) is 4.68 Å². The van der Waals surface area contributed by atoms with Gasteiger partial charge in [0.2, 0.25) is 0 Å². The molecule has 0 fully saturated rings. The van der Waals surface area contributed by atoms with Crippen LogP contribution in [0.5, 0.6) is 0 Å². The zero-order chi connectivity index (χ0) is 14.7. The van der Waals surface area contributed by atoms with Gasteiger partial charge in [0, 0.05) is 12.1 Å². The molecule has 1 aromatic heterocycles. The van der Waals surface area contributed by atoms with Gasteiger partial charge in [0.05, 0.1) is 11.7 Å². The molecule has 0 amide bonds. The molecule has 20 heavy (non-hydrogen) atoms. The smallest absolute Gasteiger partial charge is 0.153 e. The first-order chi connectivity index (χ1) is 9.52. The number of halogens is 2. The van der Waals surface area contributed by atoms with Gasteiger partial charge in [-0.15, -0.1) is 5.10 Å². The van der Waals surface area contributed by atoms with Gasteiger partial charge in [0.1, 0.15) is 0 Å². The second-order valence-electron chi connectivity index (χ2n) is 4.84. The van der Waals surface area contributed by atoms with Crippen molar-refractivity contribution in [2.45, 2.75) is 26.3 Å². The Morgan fingerprint density at radius 1 is 1.40 bits per heavy atom. The summed E-state index contributed by atoms with van der Waals surface area (Å²) >= 11 is 9.67. The molecule has 0 spiro atoms. The molecule has 1 N–H and O–H groups in total. The van der Waals surface area contributed by atoms with Gasteiger partial charge < -0.3 is 5.32 Å². The Morgan fingerprint density at radius 3 is 2.70 bits per heavy atom. The van der Waals surface area contributed by atoms with Gasteiger partial charge >= 0.3 is 0 Å². The molecule has 0 aliphatic carbocycles. The first-order valence-corrected chi connectivity index (χ1v) is 7.75. The van der Waals surface area contributed by atoms with Crippen molar-refractivity contribution in [1.29, 1.82) is 0 Å². The molecule has 0 bridgehead atoms. The standard InChI is InChI=1S/C14H18BrClN4/c1-4-5-17-12(13-14(15)18-19-20(13)3)10-6-9(2)7-11(16)8-10/h6-8,12,17H,4-5H2,1-3H3. The summed E-state index contributed by atoms with van der Waals surface area (Å²) in [7, 11) is 1.89. The Kier molecular flexibility index (Phi) is 5.18. The van der Waals surface area contributed by atoms with Crippen molar-refractivity contribution in [3.8, 4) is 0 Å². The molecule has 0 aliphatic heterocycles. The quantitative estimate of drug-likeness (QED) is 0.888. The molecule has 1 aromatic carbocycles. The lowest BCUT2D eigenvalue weighted by Gasteiger charge is -2.20. The molecule has 2 aromatic rings. The first-order valence-electron chi connectivity index (χ1n) is 6.58. The van der Waals surface area contributed by atoms with Crippen LogP contribution in [-0.4, -0.2) is 21.5 Å². The van der Waals surface area contributed by atoms with Crippen molar-refractivity contribution in [2.75, 3.05) is 6.54 Å². The number of rotatable bonds is 5. The van der Waals surface area contributed by atoms with Gasteiger partial charge in [0.15, 0.2) is 4.60 Å². The lowest BCUT2D eigenvalue weighted by atomic mass is 10.0. The highest BCUT2D eigenvalue weighted by Gasteiger charge is 2.22. The van der Waals surface area contributed by atoms with Crippen LogP contribution in [0.3, 0.4) is 0 Å². The zero-order valence-corrected chi connectivity index (χ0v) is 14.2. The number of nitrogens with one attached hydrogen (secondary N) is 1. The van der Waals surface area contributed by atoms with E-state index in [0.29, 0.717) is 0 Å². The van der Waals surface area contributed by atoms with E-state index in [1.54, 1.807) is 4.68 Å². The Bertz CT molecular complexity index is 557. The van der Waals surface area contributed by atoms with Crippen LogP contribution in [-0.2, 0) is 7.05 Å². The Hall–Kier alpha value is -0.910. The fraction of sp³-hybridized carbons (Fsp3) is 0.429. The number of benzene rings is 1. The van der Waals surface area contributed by atoms with E-state index in [1.165, 1.54) is 0 Å². The molecule has 1 atom stereocenters. The summed E-state index contributed by atoms with van der Waals surface area (Å²) in [5, 5.41) is 12.4. The lowest BCUT2D eigenvalue weighted by molar-refractivity contribution is 0.549. The van der Waals surface area contributed by atoms with Crippen molar-refractivity contribution < 1.29 is 0 Å². The normalized spacial score (nSPS) is 12.7. The summed E-state index contributed by atoms with van der Waals surface area (Å²) in [6, 6.07) is 6.10. The van der Waals surface area contributed by atoms with Crippen molar-refractivity contribution in [3.63, 3.8) is 0 Å². The molecule has 108 valence electrons. The van der Waals surface area contributed by atoms with Gasteiger partial charge in [-0.3, -0.25) is 0 Å². The van der Waals surface area contributed by atoms with E-state index in [4.69, 9.17) is 11.6 Å². The molecule has 1 heterocycles. The average molecular weight is 358 g/mol. The molecule has 0 aliphatic rings. The van der Waals surface area contributed by atoms with Gasteiger partial charge in [-0.2, -0.15) is 0 Å². The van der Waals surface area contributed by atoms with E-state index >= 15 is 0 Å². The highest BCUT2D eigenvalue weighted by atomic mass is 79.9. The molecular weight excluding hydrogens is 340 g/mol. The largest absolute Gasteiger partial charge is 0.305 e. The summed E-state index contributed by atoms with van der Waals surface area (Å²) in [6.45, 7) is 5.10. The fourth-order valence-electron chi connectivity index (χ4n) is 2.24. The van der Waals surface area contributed by atoms with Crippen molar-refractivity contribution in [1.82, 2.24) is 20.3 Å². The van der Waals surface area contributed by atoms with Crippen LogP contribution in [0.1, 0.15) is 36.2 Å². The second kappa shape index (κ2) is 6.70. The third-order valence-corrected chi connectivity index (χ3v) is 3.88. The predicted molar refractivity (Wildman–Crippen MR) is 85.0 cm³/mol. The van der Waals surface area contributed by atoms with Crippen LogP contribution in [0, 0.1) is 6.92 Å². The number of aryl methyl sites for hydroxylation is 2. The molecule has 2 rings (SSSR count). The van der Waals surface area contributed by atoms with Crippen molar-refractivity contribution in [2.24, 2.45) is 7.05 Å². The summed E-state index contributed by atoms with van der Waals surface area (Å²) in [6.07, 6.45) is 1.05. The molecular formula is C14H18BrClN4. The van der Waals surface area contributed by atoms with Gasteiger partial charge in [-0.05, 0) is 59.1 Å². The SMILES string of the molecule is CCCNC(c1cc(C)cc(Cl)c1)c1c(Br)nnn1C. The van der Waals surface area contributed by atoms with Crippen molar-refractivity contribution >= 4 is 27.5 Å². The maximum Gasteiger partial charge on any atom is 0.153 e. The summed E-state index contributed by atoms with van der Waals surface area (Å²) in [4.78, 5) is 0. The zero-order valence-electron chi connectivity index (χ0n) is 11.8. The Morgan fingerprint density at radius 2 is 2.15 bits per heavy atom. The van der Waals surface area contributed by atoms with E-state index in [9.17, 15) is 0 Å². The van der Waals surface area contributed by atoms with E-state index in [0.717, 1.165) is 39.4 Å². The minimum absolute atomic E-state index is 0.0155. The molecule has 0 saturated heterocycles. The molecule has 0 saturated carbocycles. The Labute approximate surface area is 132 Å². The van der Waals surface area contributed by atoms with Crippen LogP contribution in [0.4, 0.5) is 0 Å². The molecule has 6 heteroatoms. The summed E-state index contributed by atoms with van der Waals surface area (Å²) in [5.41, 5.74) is 3.26. The minimum Gasteiger partial charge on any atom is -0.305 e. The molecule has 0 radical (unpaired) electrons. The summed E-state index contributed by atoms with van der Waals surface area (Å²) < 4.78 is 2.54. The fourth-order valence-corrected chi connectivity index (χ4v) is 3.09. The number of hydrogen-bond donors (Lipinski definition) is 1. The van der Waals surface area contributed by atoms with Crippen LogP contribution in [0.2, 0.25) is 5.02 Å². The maximum atomic E-state index is 6.19. The predicted octanol–water partition coefficient (Wildman–Crippen LogP) is 3.63. The van der Waals surface area contributed by atoms with Crippen molar-refractivity contribution in [3.05, 3.63) is 44.6 Å². The Balaban J connectivity index is 2.47. The molecule has 1 unspecified atom stereocenters. The first kappa shape index (κ1) is 15.5. The van der Waals surface area contributed by atoms with E-state index in [-0.39, 0.29) is 6.04 Å². The van der Waals surface area contributed by atoms with Crippen LogP contribution in [0.15, 0.2) is 22.8 Å². The van der Waals surface area contributed by atoms with Gasteiger partial charge in [-0.1, -0.05) is 29.8 Å². The maximum absolute atomic E-state index is 6.19. The second-order valence-corrected chi connectivity index (χ2v) is 6.03. The number of hydrogen-bond acceptors (Lipinski definition) is 3. The van der Waals surface area contributed by atoms with E-state index in [2.05, 4.69) is 44.5 Å². The van der Waals surface area contributed by atoms with Crippen LogP contribution < -0.4 is 5.32 Å². The van der Waals surface area contributed by atoms with Crippen LogP contribution in [0.25, 0.3) is 0 Å². The van der Waals surface area contributed by atoms with Crippen LogP contribution >= 0.6 is 27.5 Å². The summed E-state index contributed by atoms with van der Waals surface area (Å²) in [5.74, 6) is 0. The molecule has 4 nitrogen and oxygen atoms in total. The highest BCUT2D eigenvalue weighted by Crippen LogP contribution is 2.29. The average Bonchev–Trinajstić information content (AvgIpc) is 2.70. The topological polar surface area (TPSA) is 42.7 Å². The number of nitrogens with zero attached hydrogens (tertiary/aromatic N) is 3. The monoisotopic (exact) mass is 356 g/mol. The lowest BCUT2D eigenvalue weighted by Crippen LogP contribution is -2.25. The van der Waals surface area contributed by atoms with E-state index in [1.807, 2.05) is 26.1 Å². The minimum atomic E-state index is 0.0155. The number of aromatic nitrogens is 3. The third-order valence-electron chi connectivity index (χ3n) is 3.10. The highest BCUT2D eigenvalue weighted by molar-refractivity contribution is 9.10. The third kappa shape index (κ3) is 3.40. The van der Waals surface area contributed by atoms with Gasteiger partial charge in [0.25, 0.3) is 0 Å². The van der Waals surface area contributed by atoms with E-state index < -0.39 is 0 Å².